The Morgan fingerprint density at radius 3 is 2.46 bits per heavy atom. The first-order valence-corrected chi connectivity index (χ1v) is 4.69. The third kappa shape index (κ3) is 2.45. The average molecular weight is 183 g/mol. The largest absolute Gasteiger partial charge is 0.328 e. The van der Waals surface area contributed by atoms with Crippen LogP contribution in [-0.2, 0) is 13.1 Å². The Balaban J connectivity index is 2.69. The molecule has 0 radical (unpaired) electrons. The van der Waals surface area contributed by atoms with Crippen molar-refractivity contribution in [2.75, 3.05) is 13.6 Å². The second kappa shape index (κ2) is 4.87. The Hall–Kier alpha value is -1.03. The topological polar surface area (TPSA) is 39.0 Å². The van der Waals surface area contributed by atoms with Gasteiger partial charge >= 0.3 is 5.69 Å². The van der Waals surface area contributed by atoms with Crippen molar-refractivity contribution in [3.05, 3.63) is 22.9 Å². The highest BCUT2D eigenvalue weighted by atomic mass is 16.1. The molecule has 0 amide bonds. The van der Waals surface area contributed by atoms with E-state index in [1.165, 1.54) is 0 Å². The van der Waals surface area contributed by atoms with Gasteiger partial charge in [0.1, 0.15) is 0 Å². The van der Waals surface area contributed by atoms with Gasteiger partial charge in [0.15, 0.2) is 0 Å². The minimum Gasteiger partial charge on any atom is -0.318 e. The Labute approximate surface area is 78.2 Å². The first kappa shape index (κ1) is 10.1. The van der Waals surface area contributed by atoms with Gasteiger partial charge in [-0.25, -0.2) is 4.79 Å². The molecule has 0 aliphatic heterocycles. The third-order valence-corrected chi connectivity index (χ3v) is 1.99. The van der Waals surface area contributed by atoms with E-state index in [-0.39, 0.29) is 5.69 Å². The number of nitrogens with zero attached hydrogens (tertiary/aromatic N) is 2. The van der Waals surface area contributed by atoms with Crippen molar-refractivity contribution >= 4 is 0 Å². The van der Waals surface area contributed by atoms with E-state index >= 15 is 0 Å². The standard InChI is InChI=1S/C9H17N3O/c1-3-5-11-7-8-12(9(11)13)6-4-10-2/h7-8,10H,3-6H2,1-2H3. The van der Waals surface area contributed by atoms with Crippen LogP contribution in [0.25, 0.3) is 0 Å². The molecule has 13 heavy (non-hydrogen) atoms. The van der Waals surface area contributed by atoms with Crippen LogP contribution >= 0.6 is 0 Å². The van der Waals surface area contributed by atoms with Crippen molar-refractivity contribution in [2.24, 2.45) is 0 Å². The van der Waals surface area contributed by atoms with E-state index in [0.29, 0.717) is 0 Å². The number of nitrogens with one attached hydrogen (secondary N) is 1. The summed E-state index contributed by atoms with van der Waals surface area (Å²) in [6.45, 7) is 4.45. The summed E-state index contributed by atoms with van der Waals surface area (Å²) < 4.78 is 3.47. The average Bonchev–Trinajstić information content (AvgIpc) is 2.46. The van der Waals surface area contributed by atoms with Gasteiger partial charge in [-0.1, -0.05) is 6.92 Å². The fourth-order valence-electron chi connectivity index (χ4n) is 1.27. The first-order chi connectivity index (χ1) is 6.29. The summed E-state index contributed by atoms with van der Waals surface area (Å²) in [6.07, 6.45) is 4.69. The number of imidazole rings is 1. The maximum atomic E-state index is 11.6. The van der Waals surface area contributed by atoms with Gasteiger partial charge in [-0.2, -0.15) is 0 Å². The Morgan fingerprint density at radius 1 is 1.31 bits per heavy atom. The summed E-state index contributed by atoms with van der Waals surface area (Å²) in [6, 6.07) is 0. The molecule has 1 aromatic rings. The second-order valence-corrected chi connectivity index (χ2v) is 3.07. The molecule has 0 spiro atoms. The van der Waals surface area contributed by atoms with E-state index in [2.05, 4.69) is 12.2 Å². The van der Waals surface area contributed by atoms with Crippen LogP contribution in [0, 0.1) is 0 Å². The predicted octanol–water partition coefficient (Wildman–Crippen LogP) is 0.279. The van der Waals surface area contributed by atoms with Crippen LogP contribution in [0.1, 0.15) is 13.3 Å². The molecule has 1 heterocycles. The van der Waals surface area contributed by atoms with E-state index in [9.17, 15) is 4.79 Å². The van der Waals surface area contributed by atoms with Crippen LogP contribution in [-0.4, -0.2) is 22.7 Å². The molecule has 0 fully saturated rings. The molecule has 0 aliphatic rings. The van der Waals surface area contributed by atoms with Gasteiger partial charge in [0.25, 0.3) is 0 Å². The SMILES string of the molecule is CCCn1ccn(CCNC)c1=O. The number of rotatable bonds is 5. The Kier molecular flexibility index (Phi) is 3.76. The molecule has 0 saturated heterocycles. The smallest absolute Gasteiger partial charge is 0.318 e. The molecule has 0 bridgehead atoms. The first-order valence-electron chi connectivity index (χ1n) is 4.69. The molecule has 1 N–H and O–H groups in total. The summed E-state index contributed by atoms with van der Waals surface area (Å²) in [5.74, 6) is 0. The lowest BCUT2D eigenvalue weighted by atomic mass is 10.5. The molecule has 0 unspecified atom stereocenters. The van der Waals surface area contributed by atoms with E-state index < -0.39 is 0 Å². The minimum absolute atomic E-state index is 0.0945. The Bertz CT molecular complexity index is 300. The molecule has 0 saturated carbocycles. The number of likely N-dealkylation sites (N-methyl/N-ethyl adjacent to an activating group) is 1. The summed E-state index contributed by atoms with van der Waals surface area (Å²) in [4.78, 5) is 11.6. The molecule has 4 heteroatoms. The van der Waals surface area contributed by atoms with Crippen LogP contribution in [0.4, 0.5) is 0 Å². The van der Waals surface area contributed by atoms with Gasteiger partial charge in [0.2, 0.25) is 0 Å². The summed E-state index contributed by atoms with van der Waals surface area (Å²) in [7, 11) is 1.88. The van der Waals surface area contributed by atoms with Gasteiger partial charge in [-0.05, 0) is 13.5 Å². The minimum atomic E-state index is 0.0945. The number of hydrogen-bond donors (Lipinski definition) is 1. The fraction of sp³-hybridized carbons (Fsp3) is 0.667. The molecule has 0 aliphatic carbocycles. The summed E-state index contributed by atoms with van der Waals surface area (Å²) in [5.41, 5.74) is 0.0945. The molecule has 0 aromatic carbocycles. The lowest BCUT2D eigenvalue weighted by Crippen LogP contribution is -2.27. The molecule has 0 atom stereocenters. The third-order valence-electron chi connectivity index (χ3n) is 1.99. The number of aryl methyl sites for hydroxylation is 1. The molecular formula is C9H17N3O. The van der Waals surface area contributed by atoms with Crippen LogP contribution in [0.3, 0.4) is 0 Å². The van der Waals surface area contributed by atoms with E-state index in [1.807, 2.05) is 19.4 Å². The zero-order valence-electron chi connectivity index (χ0n) is 8.29. The maximum absolute atomic E-state index is 11.6. The monoisotopic (exact) mass is 183 g/mol. The van der Waals surface area contributed by atoms with Crippen LogP contribution in [0.2, 0.25) is 0 Å². The van der Waals surface area contributed by atoms with E-state index in [4.69, 9.17) is 0 Å². The van der Waals surface area contributed by atoms with Gasteiger partial charge in [0, 0.05) is 32.0 Å². The molecule has 1 rings (SSSR count). The van der Waals surface area contributed by atoms with Crippen molar-refractivity contribution in [1.29, 1.82) is 0 Å². The van der Waals surface area contributed by atoms with Crippen LogP contribution in [0.15, 0.2) is 17.2 Å². The van der Waals surface area contributed by atoms with Crippen LogP contribution in [0.5, 0.6) is 0 Å². The highest BCUT2D eigenvalue weighted by molar-refractivity contribution is 4.81. The van der Waals surface area contributed by atoms with Crippen molar-refractivity contribution in [3.8, 4) is 0 Å². The molecule has 1 aromatic heterocycles. The van der Waals surface area contributed by atoms with Gasteiger partial charge < -0.3 is 5.32 Å². The quantitative estimate of drug-likeness (QED) is 0.712. The molecule has 74 valence electrons. The van der Waals surface area contributed by atoms with Gasteiger partial charge in [0.05, 0.1) is 0 Å². The van der Waals surface area contributed by atoms with E-state index in [0.717, 1.165) is 26.1 Å². The highest BCUT2D eigenvalue weighted by Gasteiger charge is 2.00. The Morgan fingerprint density at radius 2 is 1.92 bits per heavy atom. The highest BCUT2D eigenvalue weighted by Crippen LogP contribution is 1.87. The van der Waals surface area contributed by atoms with Crippen molar-refractivity contribution < 1.29 is 0 Å². The van der Waals surface area contributed by atoms with Crippen LogP contribution < -0.4 is 11.0 Å². The number of aromatic nitrogens is 2. The molecular weight excluding hydrogens is 166 g/mol. The van der Waals surface area contributed by atoms with E-state index in [1.54, 1.807) is 9.13 Å². The van der Waals surface area contributed by atoms with Crippen molar-refractivity contribution in [1.82, 2.24) is 14.5 Å². The summed E-state index contributed by atoms with van der Waals surface area (Å²) >= 11 is 0. The fourth-order valence-corrected chi connectivity index (χ4v) is 1.27. The zero-order chi connectivity index (χ0) is 9.68. The summed E-state index contributed by atoms with van der Waals surface area (Å²) in [5, 5.41) is 3.02. The number of hydrogen-bond acceptors (Lipinski definition) is 2. The molecule has 4 nitrogen and oxygen atoms in total. The van der Waals surface area contributed by atoms with Crippen molar-refractivity contribution in [2.45, 2.75) is 26.4 Å². The lowest BCUT2D eigenvalue weighted by molar-refractivity contribution is 0.585. The predicted molar refractivity (Wildman–Crippen MR) is 52.9 cm³/mol. The normalized spacial score (nSPS) is 10.6. The van der Waals surface area contributed by atoms with Crippen molar-refractivity contribution in [3.63, 3.8) is 0 Å². The maximum Gasteiger partial charge on any atom is 0.328 e. The second-order valence-electron chi connectivity index (χ2n) is 3.07. The van der Waals surface area contributed by atoms with Gasteiger partial charge in [-0.3, -0.25) is 9.13 Å². The zero-order valence-corrected chi connectivity index (χ0v) is 8.29. The lowest BCUT2D eigenvalue weighted by Gasteiger charge is -2.00. The van der Waals surface area contributed by atoms with Gasteiger partial charge in [-0.15, -0.1) is 0 Å².